The van der Waals surface area contributed by atoms with Crippen LogP contribution in [0.25, 0.3) is 0 Å². The summed E-state index contributed by atoms with van der Waals surface area (Å²) < 4.78 is 7.38. The fourth-order valence-electron chi connectivity index (χ4n) is 3.28. The van der Waals surface area contributed by atoms with E-state index in [9.17, 15) is 0 Å². The average Bonchev–Trinajstić information content (AvgIpc) is 3.22. The SMILES string of the molecule is CCNC(=NCCc1nccn1Cc1ccccc1)NCCc1ccc(OC)cc1Cl.I. The summed E-state index contributed by atoms with van der Waals surface area (Å²) in [6, 6.07) is 16.2. The van der Waals surface area contributed by atoms with E-state index in [4.69, 9.17) is 21.3 Å². The van der Waals surface area contributed by atoms with Gasteiger partial charge in [-0.3, -0.25) is 4.99 Å². The van der Waals surface area contributed by atoms with Crippen LogP contribution in [0.15, 0.2) is 65.9 Å². The molecule has 0 aliphatic carbocycles. The molecular weight excluding hydrogens is 537 g/mol. The van der Waals surface area contributed by atoms with Crippen molar-refractivity contribution in [1.29, 1.82) is 0 Å². The Hall–Kier alpha value is -2.26. The van der Waals surface area contributed by atoms with Crippen molar-refractivity contribution in [2.75, 3.05) is 26.7 Å². The van der Waals surface area contributed by atoms with Crippen LogP contribution >= 0.6 is 35.6 Å². The summed E-state index contributed by atoms with van der Waals surface area (Å²) in [6.07, 6.45) is 5.45. The first kappa shape index (κ1) is 26.0. The first-order valence-corrected chi connectivity index (χ1v) is 11.0. The second kappa shape index (κ2) is 14.0. The van der Waals surface area contributed by atoms with Crippen molar-refractivity contribution in [3.8, 4) is 5.75 Å². The number of rotatable bonds is 10. The molecule has 8 heteroatoms. The van der Waals surface area contributed by atoms with Crippen molar-refractivity contribution in [2.45, 2.75) is 26.3 Å². The molecule has 0 atom stereocenters. The zero-order valence-corrected chi connectivity index (χ0v) is 21.6. The van der Waals surface area contributed by atoms with E-state index in [2.05, 4.69) is 51.4 Å². The zero-order chi connectivity index (χ0) is 21.9. The number of hydrogen-bond donors (Lipinski definition) is 2. The molecule has 3 aromatic rings. The maximum atomic E-state index is 6.34. The topological polar surface area (TPSA) is 63.5 Å². The summed E-state index contributed by atoms with van der Waals surface area (Å²) in [4.78, 5) is 9.21. The molecule has 0 aliphatic heterocycles. The van der Waals surface area contributed by atoms with Crippen LogP contribution in [0.2, 0.25) is 5.02 Å². The number of guanidine groups is 1. The Bertz CT molecular complexity index is 978. The minimum absolute atomic E-state index is 0. The lowest BCUT2D eigenvalue weighted by atomic mass is 10.1. The number of aromatic nitrogens is 2. The van der Waals surface area contributed by atoms with Gasteiger partial charge in [0, 0.05) is 50.0 Å². The van der Waals surface area contributed by atoms with E-state index >= 15 is 0 Å². The van der Waals surface area contributed by atoms with E-state index in [1.807, 2.05) is 36.7 Å². The molecule has 3 rings (SSSR count). The van der Waals surface area contributed by atoms with E-state index < -0.39 is 0 Å². The van der Waals surface area contributed by atoms with Crippen molar-refractivity contribution in [3.05, 3.63) is 82.9 Å². The molecule has 6 nitrogen and oxygen atoms in total. The summed E-state index contributed by atoms with van der Waals surface area (Å²) in [5.41, 5.74) is 2.34. The molecule has 1 aromatic heterocycles. The van der Waals surface area contributed by atoms with Gasteiger partial charge in [0.15, 0.2) is 5.96 Å². The van der Waals surface area contributed by atoms with E-state index in [1.54, 1.807) is 7.11 Å². The minimum Gasteiger partial charge on any atom is -0.497 e. The van der Waals surface area contributed by atoms with Gasteiger partial charge in [0.25, 0.3) is 0 Å². The minimum atomic E-state index is 0. The first-order chi connectivity index (χ1) is 15.2. The summed E-state index contributed by atoms with van der Waals surface area (Å²) in [7, 11) is 1.64. The Morgan fingerprint density at radius 3 is 2.66 bits per heavy atom. The van der Waals surface area contributed by atoms with E-state index in [0.717, 1.165) is 55.6 Å². The Labute approximate surface area is 212 Å². The highest BCUT2D eigenvalue weighted by atomic mass is 127. The van der Waals surface area contributed by atoms with Gasteiger partial charge >= 0.3 is 0 Å². The van der Waals surface area contributed by atoms with Crippen LogP contribution in [-0.4, -0.2) is 42.3 Å². The second-order valence-corrected chi connectivity index (χ2v) is 7.51. The molecule has 0 bridgehead atoms. The third kappa shape index (κ3) is 8.02. The molecule has 32 heavy (non-hydrogen) atoms. The lowest BCUT2D eigenvalue weighted by molar-refractivity contribution is 0.414. The van der Waals surface area contributed by atoms with Crippen molar-refractivity contribution in [3.63, 3.8) is 0 Å². The van der Waals surface area contributed by atoms with Gasteiger partial charge in [0.2, 0.25) is 0 Å². The quantitative estimate of drug-likeness (QED) is 0.214. The fraction of sp³-hybridized carbons (Fsp3) is 0.333. The summed E-state index contributed by atoms with van der Waals surface area (Å²) in [5.74, 6) is 2.60. The Morgan fingerprint density at radius 1 is 1.12 bits per heavy atom. The number of halogens is 2. The highest BCUT2D eigenvalue weighted by Crippen LogP contribution is 2.22. The van der Waals surface area contributed by atoms with Crippen LogP contribution in [0.4, 0.5) is 0 Å². The van der Waals surface area contributed by atoms with Crippen molar-refractivity contribution < 1.29 is 4.74 Å². The Morgan fingerprint density at radius 2 is 1.94 bits per heavy atom. The zero-order valence-electron chi connectivity index (χ0n) is 18.6. The van der Waals surface area contributed by atoms with E-state index in [0.29, 0.717) is 11.6 Å². The number of benzene rings is 2. The monoisotopic (exact) mass is 567 g/mol. The molecular formula is C24H31ClIN5O. The molecule has 0 radical (unpaired) electrons. The third-order valence-corrected chi connectivity index (χ3v) is 5.25. The van der Waals surface area contributed by atoms with Gasteiger partial charge in [-0.25, -0.2) is 4.98 Å². The molecule has 0 unspecified atom stereocenters. The second-order valence-electron chi connectivity index (χ2n) is 7.10. The molecule has 0 spiro atoms. The average molecular weight is 568 g/mol. The molecule has 0 aliphatic rings. The number of hydrogen-bond acceptors (Lipinski definition) is 3. The van der Waals surface area contributed by atoms with Crippen LogP contribution in [0.3, 0.4) is 0 Å². The number of ether oxygens (including phenoxy) is 1. The lowest BCUT2D eigenvalue weighted by Gasteiger charge is -2.12. The molecule has 0 amide bonds. The number of nitrogens with zero attached hydrogens (tertiary/aromatic N) is 3. The normalized spacial score (nSPS) is 11.0. The standard InChI is InChI=1S/C24H30ClN5O.HI/c1-3-26-24(28-13-11-20-9-10-21(31-2)17-22(20)25)29-14-12-23-27-15-16-30(23)18-19-7-5-4-6-8-19;/h4-10,15-17H,3,11-14,18H2,1-2H3,(H2,26,28,29);1H. The van der Waals surface area contributed by atoms with Crippen LogP contribution in [0.1, 0.15) is 23.9 Å². The van der Waals surface area contributed by atoms with Crippen LogP contribution in [-0.2, 0) is 19.4 Å². The molecule has 0 saturated carbocycles. The predicted molar refractivity (Wildman–Crippen MR) is 143 cm³/mol. The molecule has 1 heterocycles. The highest BCUT2D eigenvalue weighted by molar-refractivity contribution is 14.0. The smallest absolute Gasteiger partial charge is 0.191 e. The highest BCUT2D eigenvalue weighted by Gasteiger charge is 2.05. The number of aliphatic imine (C=N–C) groups is 1. The Kier molecular flexibility index (Phi) is 11.4. The van der Waals surface area contributed by atoms with Crippen LogP contribution < -0.4 is 15.4 Å². The van der Waals surface area contributed by atoms with Gasteiger partial charge < -0.3 is 19.9 Å². The van der Waals surface area contributed by atoms with Crippen LogP contribution in [0, 0.1) is 0 Å². The molecule has 0 saturated heterocycles. The first-order valence-electron chi connectivity index (χ1n) is 10.6. The van der Waals surface area contributed by atoms with E-state index in [-0.39, 0.29) is 24.0 Å². The predicted octanol–water partition coefficient (Wildman–Crippen LogP) is 4.55. The van der Waals surface area contributed by atoms with Crippen molar-refractivity contribution in [2.24, 2.45) is 4.99 Å². The van der Waals surface area contributed by atoms with Crippen molar-refractivity contribution >= 4 is 41.5 Å². The van der Waals surface area contributed by atoms with Gasteiger partial charge in [0.1, 0.15) is 11.6 Å². The molecule has 0 fully saturated rings. The van der Waals surface area contributed by atoms with Crippen LogP contribution in [0.5, 0.6) is 5.75 Å². The lowest BCUT2D eigenvalue weighted by Crippen LogP contribution is -2.38. The largest absolute Gasteiger partial charge is 0.497 e. The fourth-order valence-corrected chi connectivity index (χ4v) is 3.54. The third-order valence-electron chi connectivity index (χ3n) is 4.89. The number of nitrogens with one attached hydrogen (secondary N) is 2. The van der Waals surface area contributed by atoms with Gasteiger partial charge in [-0.1, -0.05) is 48.0 Å². The number of methoxy groups -OCH3 is 1. The molecule has 2 aromatic carbocycles. The van der Waals surface area contributed by atoms with Gasteiger partial charge in [-0.05, 0) is 36.6 Å². The summed E-state index contributed by atoms with van der Waals surface area (Å²) in [6.45, 7) is 5.08. The molecule has 172 valence electrons. The van der Waals surface area contributed by atoms with Gasteiger partial charge in [-0.15, -0.1) is 24.0 Å². The summed E-state index contributed by atoms with van der Waals surface area (Å²) in [5, 5.41) is 7.39. The Balaban J connectivity index is 0.00000363. The van der Waals surface area contributed by atoms with Crippen molar-refractivity contribution in [1.82, 2.24) is 20.2 Å². The maximum absolute atomic E-state index is 6.34. The summed E-state index contributed by atoms with van der Waals surface area (Å²) >= 11 is 6.34. The maximum Gasteiger partial charge on any atom is 0.191 e. The van der Waals surface area contributed by atoms with Gasteiger partial charge in [-0.2, -0.15) is 0 Å². The van der Waals surface area contributed by atoms with Gasteiger partial charge in [0.05, 0.1) is 7.11 Å². The van der Waals surface area contributed by atoms with E-state index in [1.165, 1.54) is 5.56 Å². The number of imidazole rings is 1. The molecule has 2 N–H and O–H groups in total.